The Hall–Kier alpha value is -2.17. The Morgan fingerprint density at radius 3 is 2.63 bits per heavy atom. The van der Waals surface area contributed by atoms with Gasteiger partial charge in [-0.05, 0) is 49.6 Å². The molecule has 0 bridgehead atoms. The highest BCUT2D eigenvalue weighted by atomic mass is 79.9. The first kappa shape index (κ1) is 22.5. The van der Waals surface area contributed by atoms with Crippen molar-refractivity contribution in [2.24, 2.45) is 5.92 Å². The van der Waals surface area contributed by atoms with Crippen LogP contribution in [-0.4, -0.2) is 44.3 Å². The molecule has 1 fully saturated rings. The summed E-state index contributed by atoms with van der Waals surface area (Å²) in [5, 5.41) is 2.61. The molecule has 0 aliphatic carbocycles. The van der Waals surface area contributed by atoms with Gasteiger partial charge in [-0.3, -0.25) is 4.79 Å². The van der Waals surface area contributed by atoms with Gasteiger partial charge >= 0.3 is 5.97 Å². The van der Waals surface area contributed by atoms with E-state index >= 15 is 0 Å². The highest BCUT2D eigenvalue weighted by molar-refractivity contribution is 9.10. The van der Waals surface area contributed by atoms with Gasteiger partial charge in [0, 0.05) is 30.0 Å². The maximum absolute atomic E-state index is 12.8. The van der Waals surface area contributed by atoms with Crippen molar-refractivity contribution < 1.29 is 27.2 Å². The van der Waals surface area contributed by atoms with Gasteiger partial charge < -0.3 is 14.5 Å². The van der Waals surface area contributed by atoms with E-state index in [1.807, 2.05) is 24.3 Å². The number of hydrogen-bond acceptors (Lipinski definition) is 6. The molecule has 1 N–H and O–H groups in total. The Kier molecular flexibility index (Phi) is 7.32. The standard InChI is InChI=1S/C20H23BrN2O6S/c1-2-28-20(25)17-6-7-18(29-17)30(26,27)23-10-8-15(9-11-23)19(24)22-13-14-4-3-5-16(21)12-14/h3-7,12,15H,2,8-11,13H2,1H3,(H,22,24). The van der Waals surface area contributed by atoms with Crippen LogP contribution in [0, 0.1) is 5.92 Å². The number of piperidine rings is 1. The summed E-state index contributed by atoms with van der Waals surface area (Å²) in [6, 6.07) is 10.2. The van der Waals surface area contributed by atoms with E-state index in [0.717, 1.165) is 10.0 Å². The number of benzene rings is 1. The van der Waals surface area contributed by atoms with Gasteiger partial charge in [-0.15, -0.1) is 0 Å². The number of hydrogen-bond donors (Lipinski definition) is 1. The fourth-order valence-corrected chi connectivity index (χ4v) is 5.06. The maximum atomic E-state index is 12.8. The van der Waals surface area contributed by atoms with Crippen LogP contribution in [0.3, 0.4) is 0 Å². The monoisotopic (exact) mass is 498 g/mol. The van der Waals surface area contributed by atoms with Gasteiger partial charge in [-0.25, -0.2) is 13.2 Å². The minimum absolute atomic E-state index is 0.0883. The van der Waals surface area contributed by atoms with Crippen molar-refractivity contribution in [3.05, 3.63) is 52.2 Å². The van der Waals surface area contributed by atoms with E-state index in [4.69, 9.17) is 9.15 Å². The van der Waals surface area contributed by atoms with Crippen LogP contribution in [0.4, 0.5) is 0 Å². The third-order valence-corrected chi connectivity index (χ3v) is 7.10. The molecule has 1 amide bonds. The number of esters is 1. The van der Waals surface area contributed by atoms with Crippen LogP contribution in [0.1, 0.15) is 35.9 Å². The molecular formula is C20H23BrN2O6S. The van der Waals surface area contributed by atoms with Crippen molar-refractivity contribution in [2.45, 2.75) is 31.4 Å². The van der Waals surface area contributed by atoms with Crippen molar-refractivity contribution >= 4 is 37.8 Å². The van der Waals surface area contributed by atoms with E-state index in [-0.39, 0.29) is 42.4 Å². The summed E-state index contributed by atoms with van der Waals surface area (Å²) in [5.74, 6) is -1.21. The summed E-state index contributed by atoms with van der Waals surface area (Å²) in [4.78, 5) is 24.2. The smallest absolute Gasteiger partial charge is 0.374 e. The van der Waals surface area contributed by atoms with Gasteiger partial charge in [0.15, 0.2) is 0 Å². The molecule has 0 atom stereocenters. The average molecular weight is 499 g/mol. The normalized spacial score (nSPS) is 15.7. The second-order valence-corrected chi connectivity index (χ2v) is 9.65. The molecule has 2 heterocycles. The highest BCUT2D eigenvalue weighted by Gasteiger charge is 2.34. The van der Waals surface area contributed by atoms with Crippen LogP contribution in [-0.2, 0) is 26.1 Å². The second kappa shape index (κ2) is 9.76. The molecule has 10 heteroatoms. The van der Waals surface area contributed by atoms with Gasteiger partial charge in [0.25, 0.3) is 10.0 Å². The van der Waals surface area contributed by atoms with E-state index < -0.39 is 16.0 Å². The number of sulfonamides is 1. The van der Waals surface area contributed by atoms with Crippen molar-refractivity contribution in [3.63, 3.8) is 0 Å². The molecule has 2 aromatic rings. The minimum atomic E-state index is -3.88. The van der Waals surface area contributed by atoms with Gasteiger partial charge in [0.2, 0.25) is 16.8 Å². The van der Waals surface area contributed by atoms with Gasteiger partial charge in [-0.1, -0.05) is 28.1 Å². The lowest BCUT2D eigenvalue weighted by Crippen LogP contribution is -2.42. The molecule has 1 aromatic carbocycles. The third-order valence-electron chi connectivity index (χ3n) is 4.83. The van der Waals surface area contributed by atoms with Crippen molar-refractivity contribution in [1.29, 1.82) is 0 Å². The average Bonchev–Trinajstić information content (AvgIpc) is 3.24. The van der Waals surface area contributed by atoms with E-state index in [1.165, 1.54) is 16.4 Å². The number of nitrogens with one attached hydrogen (secondary N) is 1. The van der Waals surface area contributed by atoms with Crippen molar-refractivity contribution in [1.82, 2.24) is 9.62 Å². The van der Waals surface area contributed by atoms with E-state index in [9.17, 15) is 18.0 Å². The first-order valence-electron chi connectivity index (χ1n) is 9.60. The lowest BCUT2D eigenvalue weighted by atomic mass is 9.97. The molecule has 1 aliphatic rings. The molecule has 162 valence electrons. The molecule has 8 nitrogen and oxygen atoms in total. The Balaban J connectivity index is 1.55. The summed E-state index contributed by atoms with van der Waals surface area (Å²) in [6.07, 6.45) is 0.823. The first-order chi connectivity index (χ1) is 14.3. The summed E-state index contributed by atoms with van der Waals surface area (Å²) in [5.41, 5.74) is 0.980. The Morgan fingerprint density at radius 2 is 1.97 bits per heavy atom. The van der Waals surface area contributed by atoms with Crippen LogP contribution >= 0.6 is 15.9 Å². The third kappa shape index (κ3) is 5.30. The molecule has 3 rings (SSSR count). The minimum Gasteiger partial charge on any atom is -0.460 e. The zero-order valence-electron chi connectivity index (χ0n) is 16.5. The Bertz CT molecular complexity index is 1010. The number of ether oxygens (including phenoxy) is 1. The molecule has 1 aliphatic heterocycles. The lowest BCUT2D eigenvalue weighted by Gasteiger charge is -2.29. The number of carbonyl (C=O) groups excluding carboxylic acids is 2. The van der Waals surface area contributed by atoms with Crippen LogP contribution in [0.25, 0.3) is 0 Å². The summed E-state index contributed by atoms with van der Waals surface area (Å²) >= 11 is 3.40. The van der Waals surface area contributed by atoms with Crippen LogP contribution in [0.15, 0.2) is 50.4 Å². The lowest BCUT2D eigenvalue weighted by molar-refractivity contribution is -0.126. The van der Waals surface area contributed by atoms with Gasteiger partial charge in [0.1, 0.15) is 0 Å². The zero-order chi connectivity index (χ0) is 21.7. The first-order valence-corrected chi connectivity index (χ1v) is 11.8. The maximum Gasteiger partial charge on any atom is 0.374 e. The number of furan rings is 1. The Labute approximate surface area is 183 Å². The second-order valence-electron chi connectivity index (χ2n) is 6.87. The molecule has 1 saturated heterocycles. The topological polar surface area (TPSA) is 106 Å². The van der Waals surface area contributed by atoms with E-state index in [2.05, 4.69) is 21.2 Å². The number of amides is 1. The molecule has 30 heavy (non-hydrogen) atoms. The summed E-state index contributed by atoms with van der Waals surface area (Å²) in [7, 11) is -3.88. The Morgan fingerprint density at radius 1 is 1.23 bits per heavy atom. The summed E-state index contributed by atoms with van der Waals surface area (Å²) in [6.45, 7) is 2.63. The van der Waals surface area contributed by atoms with E-state index in [0.29, 0.717) is 19.4 Å². The summed E-state index contributed by atoms with van der Waals surface area (Å²) < 4.78 is 37.8. The van der Waals surface area contributed by atoms with Gasteiger partial charge in [-0.2, -0.15) is 4.31 Å². The zero-order valence-corrected chi connectivity index (χ0v) is 18.9. The van der Waals surface area contributed by atoms with Crippen molar-refractivity contribution in [3.8, 4) is 0 Å². The number of halogens is 1. The fraction of sp³-hybridized carbons (Fsp3) is 0.400. The largest absolute Gasteiger partial charge is 0.460 e. The fourth-order valence-electron chi connectivity index (χ4n) is 3.24. The SMILES string of the molecule is CCOC(=O)c1ccc(S(=O)(=O)N2CCC(C(=O)NCc3cccc(Br)c3)CC2)o1. The molecule has 1 aromatic heterocycles. The molecule has 0 radical (unpaired) electrons. The van der Waals surface area contributed by atoms with Gasteiger partial charge in [0.05, 0.1) is 6.61 Å². The molecular weight excluding hydrogens is 476 g/mol. The number of rotatable bonds is 7. The molecule has 0 saturated carbocycles. The number of nitrogens with zero attached hydrogens (tertiary/aromatic N) is 1. The predicted molar refractivity (Wildman–Crippen MR) is 112 cm³/mol. The van der Waals surface area contributed by atoms with Crippen LogP contribution < -0.4 is 5.32 Å². The van der Waals surface area contributed by atoms with Crippen LogP contribution in [0.2, 0.25) is 0 Å². The quantitative estimate of drug-likeness (QED) is 0.588. The number of carbonyl (C=O) groups is 2. The van der Waals surface area contributed by atoms with E-state index in [1.54, 1.807) is 6.92 Å². The highest BCUT2D eigenvalue weighted by Crippen LogP contribution is 2.25. The molecule has 0 unspecified atom stereocenters. The van der Waals surface area contributed by atoms with Crippen LogP contribution in [0.5, 0.6) is 0 Å². The predicted octanol–water partition coefficient (Wildman–Crippen LogP) is 2.94. The molecule has 0 spiro atoms. The van der Waals surface area contributed by atoms with Crippen molar-refractivity contribution in [2.75, 3.05) is 19.7 Å².